The Bertz CT molecular complexity index is 943. The van der Waals surface area contributed by atoms with E-state index in [1.807, 2.05) is 32.2 Å². The molecular weight excluding hydrogens is 401 g/mol. The summed E-state index contributed by atoms with van der Waals surface area (Å²) in [6, 6.07) is 6.63. The number of aryl methyl sites for hydroxylation is 2. The zero-order valence-electron chi connectivity index (χ0n) is 18.2. The van der Waals surface area contributed by atoms with Crippen LogP contribution in [0.1, 0.15) is 61.3 Å². The molecule has 3 N–H and O–H groups in total. The van der Waals surface area contributed by atoms with Gasteiger partial charge in [-0.3, -0.25) is 9.78 Å². The first-order chi connectivity index (χ1) is 14.1. The van der Waals surface area contributed by atoms with Gasteiger partial charge in [-0.25, -0.2) is 4.39 Å². The molecular formula is C23H30FN3O2S. The third-order valence-corrected chi connectivity index (χ3v) is 6.07. The summed E-state index contributed by atoms with van der Waals surface area (Å²) in [7, 11) is 0. The van der Waals surface area contributed by atoms with Crippen molar-refractivity contribution in [2.45, 2.75) is 58.6 Å². The molecule has 30 heavy (non-hydrogen) atoms. The van der Waals surface area contributed by atoms with Crippen molar-refractivity contribution in [1.82, 2.24) is 10.3 Å². The van der Waals surface area contributed by atoms with Gasteiger partial charge in [0.15, 0.2) is 0 Å². The number of aliphatic hydroxyl groups is 1. The number of amides is 1. The van der Waals surface area contributed by atoms with Crippen LogP contribution in [-0.4, -0.2) is 22.3 Å². The topological polar surface area (TPSA) is 74.2 Å². The van der Waals surface area contributed by atoms with Crippen LogP contribution < -0.4 is 10.0 Å². The number of rotatable bonds is 6. The highest BCUT2D eigenvalue weighted by atomic mass is 32.2. The van der Waals surface area contributed by atoms with Crippen molar-refractivity contribution in [2.75, 3.05) is 11.0 Å². The minimum Gasteiger partial charge on any atom is -0.384 e. The number of pyridine rings is 1. The Morgan fingerprint density at radius 2 is 2.10 bits per heavy atom. The lowest BCUT2D eigenvalue weighted by molar-refractivity contribution is -0.126. The number of halogens is 1. The number of carbonyl (C=O) groups is 1. The highest BCUT2D eigenvalue weighted by Crippen LogP contribution is 2.29. The molecule has 162 valence electrons. The van der Waals surface area contributed by atoms with Gasteiger partial charge in [-0.2, -0.15) is 0 Å². The molecule has 0 aliphatic heterocycles. The van der Waals surface area contributed by atoms with Crippen LogP contribution in [0.4, 0.5) is 10.1 Å². The second-order valence-electron chi connectivity index (χ2n) is 8.53. The van der Waals surface area contributed by atoms with Crippen molar-refractivity contribution in [3.8, 4) is 0 Å². The highest BCUT2D eigenvalue weighted by Gasteiger charge is 2.28. The molecule has 2 atom stereocenters. The number of aromatic nitrogens is 1. The van der Waals surface area contributed by atoms with E-state index in [1.54, 1.807) is 19.9 Å². The molecule has 1 heterocycles. The maximum Gasteiger partial charge on any atom is 0.223 e. The van der Waals surface area contributed by atoms with E-state index < -0.39 is 11.6 Å². The Labute approximate surface area is 182 Å². The summed E-state index contributed by atoms with van der Waals surface area (Å²) < 4.78 is 17.7. The summed E-state index contributed by atoms with van der Waals surface area (Å²) >= 11 is 1.41. The number of anilines is 1. The van der Waals surface area contributed by atoms with Gasteiger partial charge in [-0.05, 0) is 76.3 Å². The summed E-state index contributed by atoms with van der Waals surface area (Å²) in [5, 5.41) is 13.2. The maximum absolute atomic E-state index is 14.6. The Morgan fingerprint density at radius 1 is 1.37 bits per heavy atom. The molecule has 0 radical (unpaired) electrons. The average molecular weight is 432 g/mol. The molecule has 0 bridgehead atoms. The number of nitrogens with one attached hydrogen (secondary N) is 2. The molecule has 3 rings (SSSR count). The van der Waals surface area contributed by atoms with E-state index in [-0.39, 0.29) is 17.6 Å². The van der Waals surface area contributed by atoms with E-state index in [0.717, 1.165) is 22.5 Å². The van der Waals surface area contributed by atoms with Crippen molar-refractivity contribution in [1.29, 1.82) is 0 Å². The molecule has 2 unspecified atom stereocenters. The zero-order chi connectivity index (χ0) is 22.1. The SMILES string of the molecule is CSNc1cc(F)c(C(C)NC(=O)C2CCc3nc(C(C)(C)O)ccc3C2)cc1C. The Kier molecular flexibility index (Phi) is 6.72. The fourth-order valence-electron chi connectivity index (χ4n) is 3.84. The van der Waals surface area contributed by atoms with Gasteiger partial charge < -0.3 is 15.1 Å². The molecule has 0 fully saturated rings. The summed E-state index contributed by atoms with van der Waals surface area (Å²) in [6.07, 6.45) is 3.86. The first kappa shape index (κ1) is 22.6. The quantitative estimate of drug-likeness (QED) is 0.590. The highest BCUT2D eigenvalue weighted by molar-refractivity contribution is 7.99. The van der Waals surface area contributed by atoms with Gasteiger partial charge in [-0.15, -0.1) is 0 Å². The van der Waals surface area contributed by atoms with Gasteiger partial charge in [0.25, 0.3) is 0 Å². The fraction of sp³-hybridized carbons (Fsp3) is 0.478. The van der Waals surface area contributed by atoms with E-state index in [1.165, 1.54) is 18.0 Å². The molecule has 1 aliphatic carbocycles. The van der Waals surface area contributed by atoms with Gasteiger partial charge in [0, 0.05) is 29.1 Å². The normalized spacial score (nSPS) is 17.2. The lowest BCUT2D eigenvalue weighted by Crippen LogP contribution is -2.36. The van der Waals surface area contributed by atoms with Crippen molar-refractivity contribution < 1.29 is 14.3 Å². The summed E-state index contributed by atoms with van der Waals surface area (Å²) in [4.78, 5) is 17.5. The second-order valence-corrected chi connectivity index (χ2v) is 9.14. The molecule has 5 nitrogen and oxygen atoms in total. The summed E-state index contributed by atoms with van der Waals surface area (Å²) in [5.41, 5.74) is 3.80. The summed E-state index contributed by atoms with van der Waals surface area (Å²) in [6.45, 7) is 7.16. The Hall–Kier alpha value is -2.12. The number of fused-ring (bicyclic) bond motifs is 1. The molecule has 0 saturated heterocycles. The first-order valence-corrected chi connectivity index (χ1v) is 11.4. The third kappa shape index (κ3) is 4.95. The van der Waals surface area contributed by atoms with E-state index in [2.05, 4.69) is 15.0 Å². The molecule has 1 aliphatic rings. The monoisotopic (exact) mass is 431 g/mol. The number of nitrogens with zero attached hydrogens (tertiary/aromatic N) is 1. The minimum atomic E-state index is -0.984. The van der Waals surface area contributed by atoms with E-state index in [4.69, 9.17) is 0 Å². The fourth-order valence-corrected chi connectivity index (χ4v) is 4.28. The number of benzene rings is 1. The summed E-state index contributed by atoms with van der Waals surface area (Å²) in [5.74, 6) is -0.568. The van der Waals surface area contributed by atoms with Gasteiger partial charge in [0.1, 0.15) is 11.4 Å². The van der Waals surface area contributed by atoms with Gasteiger partial charge in [0.05, 0.1) is 11.7 Å². The smallest absolute Gasteiger partial charge is 0.223 e. The zero-order valence-corrected chi connectivity index (χ0v) is 19.0. The molecule has 0 spiro atoms. The van der Waals surface area contributed by atoms with Gasteiger partial charge in [0.2, 0.25) is 5.91 Å². The lowest BCUT2D eigenvalue weighted by Gasteiger charge is -2.27. The van der Waals surface area contributed by atoms with Gasteiger partial charge in [-0.1, -0.05) is 18.0 Å². The van der Waals surface area contributed by atoms with Crippen LogP contribution in [0.25, 0.3) is 0 Å². The Morgan fingerprint density at radius 3 is 2.77 bits per heavy atom. The molecule has 1 aromatic heterocycles. The predicted octanol–water partition coefficient (Wildman–Crippen LogP) is 4.43. The van der Waals surface area contributed by atoms with E-state index in [0.29, 0.717) is 30.5 Å². The van der Waals surface area contributed by atoms with E-state index in [9.17, 15) is 14.3 Å². The van der Waals surface area contributed by atoms with Crippen LogP contribution in [-0.2, 0) is 23.2 Å². The number of hydrogen-bond acceptors (Lipinski definition) is 5. The standard InChI is InChI=1S/C23H30FN3O2S/c1-13-10-17(18(24)12-20(13)27-30-5)14(2)25-22(28)16-6-8-19-15(11-16)7-9-21(26-19)23(3,4)29/h7,9-10,12,14,16,27,29H,6,8,11H2,1-5H3,(H,25,28). The molecule has 0 saturated carbocycles. The largest absolute Gasteiger partial charge is 0.384 e. The second kappa shape index (κ2) is 8.94. The van der Waals surface area contributed by atoms with Crippen molar-refractivity contribution in [3.05, 3.63) is 58.2 Å². The van der Waals surface area contributed by atoms with Crippen LogP contribution in [0.3, 0.4) is 0 Å². The number of carbonyl (C=O) groups excluding carboxylic acids is 1. The van der Waals surface area contributed by atoms with Crippen LogP contribution in [0.15, 0.2) is 24.3 Å². The van der Waals surface area contributed by atoms with Crippen LogP contribution >= 0.6 is 11.9 Å². The van der Waals surface area contributed by atoms with Gasteiger partial charge >= 0.3 is 0 Å². The average Bonchev–Trinajstić information content (AvgIpc) is 2.69. The molecule has 7 heteroatoms. The minimum absolute atomic E-state index is 0.0666. The first-order valence-electron chi connectivity index (χ1n) is 10.2. The van der Waals surface area contributed by atoms with Crippen molar-refractivity contribution in [3.63, 3.8) is 0 Å². The maximum atomic E-state index is 14.6. The predicted molar refractivity (Wildman–Crippen MR) is 120 cm³/mol. The molecule has 1 amide bonds. The van der Waals surface area contributed by atoms with Crippen LogP contribution in [0.5, 0.6) is 0 Å². The lowest BCUT2D eigenvalue weighted by atomic mass is 9.85. The van der Waals surface area contributed by atoms with Crippen LogP contribution in [0, 0.1) is 18.7 Å². The molecule has 2 aromatic rings. The van der Waals surface area contributed by atoms with Crippen molar-refractivity contribution in [2.24, 2.45) is 5.92 Å². The van der Waals surface area contributed by atoms with Crippen LogP contribution in [0.2, 0.25) is 0 Å². The molecule has 1 aromatic carbocycles. The van der Waals surface area contributed by atoms with Crippen molar-refractivity contribution >= 4 is 23.5 Å². The third-order valence-electron chi connectivity index (χ3n) is 5.64. The Balaban J connectivity index is 1.69. The number of hydrogen-bond donors (Lipinski definition) is 3. The van der Waals surface area contributed by atoms with E-state index >= 15 is 0 Å².